The predicted molar refractivity (Wildman–Crippen MR) is 96.6 cm³/mol. The largest absolute Gasteiger partial charge is 0.476 e. The minimum Gasteiger partial charge on any atom is -0.476 e. The third-order valence-corrected chi connectivity index (χ3v) is 6.12. The van der Waals surface area contributed by atoms with Gasteiger partial charge in [0.15, 0.2) is 18.2 Å². The lowest BCUT2D eigenvalue weighted by Crippen LogP contribution is -2.49. The second kappa shape index (κ2) is 6.02. The first-order valence-electron chi connectivity index (χ1n) is 9.27. The van der Waals surface area contributed by atoms with Crippen molar-refractivity contribution in [3.8, 4) is 0 Å². The van der Waals surface area contributed by atoms with Crippen molar-refractivity contribution in [1.82, 2.24) is 0 Å². The van der Waals surface area contributed by atoms with Crippen molar-refractivity contribution in [3.05, 3.63) is 41.2 Å². The van der Waals surface area contributed by atoms with E-state index in [4.69, 9.17) is 0 Å². The van der Waals surface area contributed by atoms with E-state index >= 15 is 0 Å². The molecule has 1 heterocycles. The van der Waals surface area contributed by atoms with Gasteiger partial charge < -0.3 is 10.2 Å². The summed E-state index contributed by atoms with van der Waals surface area (Å²) < 4.78 is 1.60. The molecule has 0 aliphatic heterocycles. The van der Waals surface area contributed by atoms with Crippen LogP contribution in [-0.4, -0.2) is 22.0 Å². The Bertz CT molecular complexity index is 806. The molecule has 5 heteroatoms. The summed E-state index contributed by atoms with van der Waals surface area (Å²) in [5, 5.41) is 20.9. The van der Waals surface area contributed by atoms with Gasteiger partial charge in [-0.15, -0.1) is 0 Å². The zero-order valence-electron chi connectivity index (χ0n) is 16.1. The first-order chi connectivity index (χ1) is 12.0. The molecule has 2 aliphatic rings. The van der Waals surface area contributed by atoms with Gasteiger partial charge in [0, 0.05) is 29.0 Å². The Hall–Kier alpha value is -2.01. The molecule has 0 saturated carbocycles. The molecular formula is C21H28NO4+. The number of rotatable bonds is 4. The number of nitrogens with zero attached hydrogens (tertiary/aromatic N) is 1. The maximum absolute atomic E-state index is 13.1. The number of allylic oxidation sites excluding steroid dienone is 1. The summed E-state index contributed by atoms with van der Waals surface area (Å²) in [6, 6.07) is 0.975. The molecule has 0 amide bonds. The molecule has 26 heavy (non-hydrogen) atoms. The summed E-state index contributed by atoms with van der Waals surface area (Å²) in [6.07, 6.45) is 6.70. The number of carboxylic acids is 1. The molecular weight excluding hydrogens is 330 g/mol. The highest BCUT2D eigenvalue weighted by molar-refractivity contribution is 6.11. The second-order valence-corrected chi connectivity index (χ2v) is 8.71. The third-order valence-electron chi connectivity index (χ3n) is 6.12. The lowest BCUT2D eigenvalue weighted by molar-refractivity contribution is -0.717. The van der Waals surface area contributed by atoms with E-state index in [0.29, 0.717) is 23.1 Å². The molecule has 1 aromatic rings. The zero-order valence-corrected chi connectivity index (χ0v) is 16.1. The first-order valence-corrected chi connectivity index (χ1v) is 9.27. The Balaban J connectivity index is 2.14. The molecule has 5 nitrogen and oxygen atoms in total. The van der Waals surface area contributed by atoms with Gasteiger partial charge in [0.25, 0.3) is 6.04 Å². The molecule has 4 atom stereocenters. The Morgan fingerprint density at radius 3 is 2.62 bits per heavy atom. The Kier molecular flexibility index (Phi) is 4.34. The molecule has 0 spiro atoms. The Morgan fingerprint density at radius 2 is 2.04 bits per heavy atom. The monoisotopic (exact) mass is 358 g/mol. The highest BCUT2D eigenvalue weighted by atomic mass is 16.4. The van der Waals surface area contributed by atoms with Crippen LogP contribution in [0.15, 0.2) is 30.1 Å². The molecule has 0 radical (unpaired) electrons. The molecule has 2 unspecified atom stereocenters. The van der Waals surface area contributed by atoms with E-state index in [0.717, 1.165) is 6.42 Å². The van der Waals surface area contributed by atoms with Gasteiger partial charge in [-0.2, -0.15) is 4.57 Å². The maximum Gasteiger partial charge on any atom is 0.373 e. The van der Waals surface area contributed by atoms with E-state index in [1.165, 1.54) is 0 Å². The number of aliphatic carboxylic acids is 1. The quantitative estimate of drug-likeness (QED) is 0.811. The summed E-state index contributed by atoms with van der Waals surface area (Å²) in [6.45, 7) is 9.73. The van der Waals surface area contributed by atoms with Crippen LogP contribution in [0.25, 0.3) is 0 Å². The van der Waals surface area contributed by atoms with Gasteiger partial charge in [0.05, 0.1) is 11.2 Å². The molecule has 0 fully saturated rings. The van der Waals surface area contributed by atoms with Crippen LogP contribution >= 0.6 is 0 Å². The average Bonchev–Trinajstić information content (AvgIpc) is 2.89. The number of carboxylic acid groups (broad SMARTS) is 1. The number of hydrogen-bond acceptors (Lipinski definition) is 3. The van der Waals surface area contributed by atoms with E-state index < -0.39 is 17.6 Å². The fourth-order valence-corrected chi connectivity index (χ4v) is 4.48. The van der Waals surface area contributed by atoms with Crippen molar-refractivity contribution in [2.75, 3.05) is 0 Å². The number of aromatic nitrogens is 1. The molecule has 3 rings (SSSR count). The summed E-state index contributed by atoms with van der Waals surface area (Å²) in [5.74, 6) is -1.31. The molecule has 0 aromatic carbocycles. The average molecular weight is 358 g/mol. The summed E-state index contributed by atoms with van der Waals surface area (Å²) in [4.78, 5) is 24.9. The van der Waals surface area contributed by atoms with Crippen LogP contribution in [-0.2, 0) is 10.4 Å². The van der Waals surface area contributed by atoms with Crippen molar-refractivity contribution in [3.63, 3.8) is 0 Å². The van der Waals surface area contributed by atoms with Crippen molar-refractivity contribution in [2.24, 2.45) is 17.3 Å². The van der Waals surface area contributed by atoms with E-state index in [2.05, 4.69) is 13.8 Å². The Labute approximate surface area is 154 Å². The van der Waals surface area contributed by atoms with Crippen LogP contribution in [0.4, 0.5) is 0 Å². The fourth-order valence-electron chi connectivity index (χ4n) is 4.48. The van der Waals surface area contributed by atoms with Gasteiger partial charge >= 0.3 is 5.97 Å². The fraction of sp³-hybridized carbons (Fsp3) is 0.571. The molecule has 1 aromatic heterocycles. The minimum atomic E-state index is -1.14. The van der Waals surface area contributed by atoms with Crippen LogP contribution in [0.1, 0.15) is 69.4 Å². The van der Waals surface area contributed by atoms with Crippen LogP contribution in [0, 0.1) is 17.3 Å². The number of Topliss-reactive ketones (excluding diaryl/α,β-unsaturated/α-hetero) is 1. The normalized spacial score (nSPS) is 28.8. The third kappa shape index (κ3) is 2.78. The van der Waals surface area contributed by atoms with Crippen molar-refractivity contribution >= 4 is 11.8 Å². The maximum atomic E-state index is 13.1. The first kappa shape index (κ1) is 18.8. The number of hydrogen-bond donors (Lipinski definition) is 2. The molecule has 2 aliphatic carbocycles. The summed E-state index contributed by atoms with van der Waals surface area (Å²) in [7, 11) is 0. The van der Waals surface area contributed by atoms with E-state index in [1.54, 1.807) is 30.0 Å². The Morgan fingerprint density at radius 1 is 1.38 bits per heavy atom. The van der Waals surface area contributed by atoms with E-state index in [9.17, 15) is 19.8 Å². The van der Waals surface area contributed by atoms with Crippen molar-refractivity contribution < 1.29 is 24.4 Å². The zero-order chi connectivity index (χ0) is 19.4. The van der Waals surface area contributed by atoms with E-state index in [-0.39, 0.29) is 23.0 Å². The van der Waals surface area contributed by atoms with Crippen LogP contribution in [0.2, 0.25) is 0 Å². The van der Waals surface area contributed by atoms with Gasteiger partial charge in [0.2, 0.25) is 0 Å². The van der Waals surface area contributed by atoms with Crippen molar-refractivity contribution in [2.45, 2.75) is 59.1 Å². The number of fused-ring (bicyclic) bond motifs is 2. The number of carbonyl (C=O) groups excluding carboxylic acids is 1. The van der Waals surface area contributed by atoms with Gasteiger partial charge in [-0.3, -0.25) is 4.79 Å². The number of aliphatic hydroxyl groups is 1. The minimum absolute atomic E-state index is 0.0767. The van der Waals surface area contributed by atoms with E-state index in [1.807, 2.05) is 19.9 Å². The number of carbonyl (C=O) groups is 2. The van der Waals surface area contributed by atoms with Crippen LogP contribution in [0.3, 0.4) is 0 Å². The summed E-state index contributed by atoms with van der Waals surface area (Å²) in [5.41, 5.74) is 0.370. The predicted octanol–water partition coefficient (Wildman–Crippen LogP) is 3.02. The summed E-state index contributed by atoms with van der Waals surface area (Å²) >= 11 is 0. The van der Waals surface area contributed by atoms with Gasteiger partial charge in [-0.25, -0.2) is 4.79 Å². The van der Waals surface area contributed by atoms with Gasteiger partial charge in [0.1, 0.15) is 0 Å². The van der Waals surface area contributed by atoms with Crippen molar-refractivity contribution in [1.29, 1.82) is 0 Å². The van der Waals surface area contributed by atoms with Crippen LogP contribution < -0.4 is 4.57 Å². The molecule has 140 valence electrons. The molecule has 0 bridgehead atoms. The lowest BCUT2D eigenvalue weighted by atomic mass is 9.69. The SMILES string of the molecule is CC[C@H](C)[C@@H](C(=O)O)[n+]1ccc2c(c1)C(=O)C1=CC(C)(C)CC1C2(C)O. The molecule has 2 N–H and O–H groups in total. The number of ketones is 1. The second-order valence-electron chi connectivity index (χ2n) is 8.71. The lowest BCUT2D eigenvalue weighted by Gasteiger charge is -2.37. The standard InChI is InChI=1S/C21H27NO4/c1-6-12(2)17(19(24)25)22-8-7-15-14(11-22)18(23)13-9-20(3,4)10-16(13)21(15,5)26/h7-9,11-12,16-17,26H,6,10H2,1-5H3/p+1/t12-,16?,17-,21?/m0/s1. The van der Waals surface area contributed by atoms with Crippen LogP contribution in [0.5, 0.6) is 0 Å². The topological polar surface area (TPSA) is 78.5 Å². The molecule has 0 saturated heterocycles. The highest BCUT2D eigenvalue weighted by Gasteiger charge is 2.51. The number of pyridine rings is 1. The van der Waals surface area contributed by atoms with Gasteiger partial charge in [-0.05, 0) is 25.2 Å². The highest BCUT2D eigenvalue weighted by Crippen LogP contribution is 2.52. The smallest absolute Gasteiger partial charge is 0.373 e. The van der Waals surface area contributed by atoms with Gasteiger partial charge in [-0.1, -0.05) is 33.8 Å².